The van der Waals surface area contributed by atoms with Gasteiger partial charge in [0.25, 0.3) is 0 Å². The molecule has 1 rings (SSSR count). The standard InChI is InChI=1S/C19H32N2O4/c1-7-8-15(21-18(22)25-19(2,3)4)13-20-12-14-9-16(23-5)11-17(10-14)24-6/h9-11,15,20H,7-8,12-13H2,1-6H3,(H,21,22)/t15-/m1/s1. The Morgan fingerprint density at radius 2 is 1.72 bits per heavy atom. The van der Waals surface area contributed by atoms with Gasteiger partial charge < -0.3 is 24.8 Å². The monoisotopic (exact) mass is 352 g/mol. The number of methoxy groups -OCH3 is 2. The molecule has 0 heterocycles. The molecule has 0 fully saturated rings. The van der Waals surface area contributed by atoms with Crippen LogP contribution in [-0.2, 0) is 11.3 Å². The number of carbonyl (C=O) groups is 1. The number of carbonyl (C=O) groups excluding carboxylic acids is 1. The maximum absolute atomic E-state index is 11.9. The van der Waals surface area contributed by atoms with Crippen LogP contribution in [0.4, 0.5) is 4.79 Å². The smallest absolute Gasteiger partial charge is 0.407 e. The summed E-state index contributed by atoms with van der Waals surface area (Å²) in [6, 6.07) is 5.79. The van der Waals surface area contributed by atoms with E-state index >= 15 is 0 Å². The van der Waals surface area contributed by atoms with Crippen molar-refractivity contribution in [2.45, 2.75) is 58.7 Å². The summed E-state index contributed by atoms with van der Waals surface area (Å²) in [5.41, 5.74) is 0.564. The highest BCUT2D eigenvalue weighted by Gasteiger charge is 2.19. The molecule has 6 nitrogen and oxygen atoms in total. The van der Waals surface area contributed by atoms with Gasteiger partial charge in [0.05, 0.1) is 14.2 Å². The van der Waals surface area contributed by atoms with Crippen LogP contribution in [0.3, 0.4) is 0 Å². The van der Waals surface area contributed by atoms with Gasteiger partial charge in [0.2, 0.25) is 0 Å². The van der Waals surface area contributed by atoms with E-state index in [-0.39, 0.29) is 12.1 Å². The lowest BCUT2D eigenvalue weighted by atomic mass is 10.1. The minimum absolute atomic E-state index is 0.0207. The lowest BCUT2D eigenvalue weighted by Crippen LogP contribution is -2.44. The van der Waals surface area contributed by atoms with E-state index in [9.17, 15) is 4.79 Å². The van der Waals surface area contributed by atoms with Crippen molar-refractivity contribution in [2.24, 2.45) is 0 Å². The zero-order chi connectivity index (χ0) is 18.9. The van der Waals surface area contributed by atoms with Gasteiger partial charge in [-0.25, -0.2) is 4.79 Å². The van der Waals surface area contributed by atoms with Crippen LogP contribution in [0.5, 0.6) is 11.5 Å². The highest BCUT2D eigenvalue weighted by molar-refractivity contribution is 5.68. The average Bonchev–Trinajstić information content (AvgIpc) is 2.52. The summed E-state index contributed by atoms with van der Waals surface area (Å²) in [4.78, 5) is 11.9. The maximum Gasteiger partial charge on any atom is 0.407 e. The molecular weight excluding hydrogens is 320 g/mol. The molecule has 1 aromatic carbocycles. The fourth-order valence-electron chi connectivity index (χ4n) is 2.41. The van der Waals surface area contributed by atoms with Gasteiger partial charge in [0.15, 0.2) is 0 Å². The largest absolute Gasteiger partial charge is 0.497 e. The molecule has 2 N–H and O–H groups in total. The summed E-state index contributed by atoms with van der Waals surface area (Å²) >= 11 is 0. The second-order valence-corrected chi connectivity index (χ2v) is 6.98. The van der Waals surface area contributed by atoms with Crippen molar-refractivity contribution in [1.29, 1.82) is 0 Å². The van der Waals surface area contributed by atoms with Gasteiger partial charge in [0, 0.05) is 25.2 Å². The summed E-state index contributed by atoms with van der Waals surface area (Å²) in [5.74, 6) is 1.52. The molecule has 0 aliphatic carbocycles. The van der Waals surface area contributed by atoms with Crippen molar-refractivity contribution < 1.29 is 19.0 Å². The van der Waals surface area contributed by atoms with Gasteiger partial charge in [-0.15, -0.1) is 0 Å². The van der Waals surface area contributed by atoms with E-state index in [1.54, 1.807) is 14.2 Å². The predicted octanol–water partition coefficient (Wildman–Crippen LogP) is 3.49. The highest BCUT2D eigenvalue weighted by atomic mass is 16.6. The first-order valence-corrected chi connectivity index (χ1v) is 8.69. The highest BCUT2D eigenvalue weighted by Crippen LogP contribution is 2.22. The Morgan fingerprint density at radius 1 is 1.12 bits per heavy atom. The van der Waals surface area contributed by atoms with Crippen LogP contribution in [0.2, 0.25) is 0 Å². The number of amides is 1. The summed E-state index contributed by atoms with van der Waals surface area (Å²) in [5, 5.41) is 6.31. The van der Waals surface area contributed by atoms with Crippen LogP contribution >= 0.6 is 0 Å². The van der Waals surface area contributed by atoms with E-state index in [1.165, 1.54) is 0 Å². The van der Waals surface area contributed by atoms with Crippen molar-refractivity contribution in [3.8, 4) is 11.5 Å². The van der Waals surface area contributed by atoms with Gasteiger partial charge in [-0.05, 0) is 44.9 Å². The fraction of sp³-hybridized carbons (Fsp3) is 0.632. The summed E-state index contributed by atoms with van der Waals surface area (Å²) in [6.45, 7) is 8.98. The number of hydrogen-bond donors (Lipinski definition) is 2. The number of hydrogen-bond acceptors (Lipinski definition) is 5. The molecule has 1 aromatic rings. The van der Waals surface area contributed by atoms with Crippen molar-refractivity contribution in [3.63, 3.8) is 0 Å². The molecule has 0 spiro atoms. The zero-order valence-electron chi connectivity index (χ0n) is 16.3. The lowest BCUT2D eigenvalue weighted by molar-refractivity contribution is 0.0501. The lowest BCUT2D eigenvalue weighted by Gasteiger charge is -2.23. The van der Waals surface area contributed by atoms with Crippen molar-refractivity contribution >= 4 is 6.09 Å². The molecular formula is C19H32N2O4. The Hall–Kier alpha value is -1.95. The first-order valence-electron chi connectivity index (χ1n) is 8.69. The van der Waals surface area contributed by atoms with Gasteiger partial charge in [-0.1, -0.05) is 13.3 Å². The SMILES string of the molecule is CCC[C@H](CNCc1cc(OC)cc(OC)c1)NC(=O)OC(C)(C)C. The molecule has 0 aromatic heterocycles. The summed E-state index contributed by atoms with van der Waals surface area (Å²) in [6.07, 6.45) is 1.49. The van der Waals surface area contributed by atoms with Crippen LogP contribution in [0.15, 0.2) is 18.2 Å². The number of rotatable bonds is 9. The molecule has 1 atom stereocenters. The third-order valence-corrected chi connectivity index (χ3v) is 3.49. The third kappa shape index (κ3) is 8.63. The van der Waals surface area contributed by atoms with Crippen molar-refractivity contribution in [1.82, 2.24) is 10.6 Å². The molecule has 25 heavy (non-hydrogen) atoms. The average molecular weight is 352 g/mol. The molecule has 0 aliphatic rings. The van der Waals surface area contributed by atoms with E-state index < -0.39 is 5.60 Å². The normalized spacial score (nSPS) is 12.4. The van der Waals surface area contributed by atoms with Gasteiger partial charge >= 0.3 is 6.09 Å². The fourth-order valence-corrected chi connectivity index (χ4v) is 2.41. The van der Waals surface area contributed by atoms with Crippen LogP contribution in [0.1, 0.15) is 46.1 Å². The molecule has 142 valence electrons. The first-order chi connectivity index (χ1) is 11.8. The van der Waals surface area contributed by atoms with E-state index in [0.29, 0.717) is 13.1 Å². The van der Waals surface area contributed by atoms with Crippen LogP contribution in [0, 0.1) is 0 Å². The quantitative estimate of drug-likeness (QED) is 0.712. The minimum atomic E-state index is -0.495. The van der Waals surface area contributed by atoms with Crippen molar-refractivity contribution in [3.05, 3.63) is 23.8 Å². The number of ether oxygens (including phenoxy) is 3. The number of nitrogens with one attached hydrogen (secondary N) is 2. The van der Waals surface area contributed by atoms with Crippen LogP contribution in [0.25, 0.3) is 0 Å². The Kier molecular flexibility index (Phi) is 8.55. The number of alkyl carbamates (subject to hydrolysis) is 1. The molecule has 0 bridgehead atoms. The molecule has 0 radical (unpaired) electrons. The van der Waals surface area contributed by atoms with Gasteiger partial charge in [0.1, 0.15) is 17.1 Å². The predicted molar refractivity (Wildman–Crippen MR) is 99.3 cm³/mol. The van der Waals surface area contributed by atoms with E-state index in [0.717, 1.165) is 29.9 Å². The summed E-state index contributed by atoms with van der Waals surface area (Å²) in [7, 11) is 3.27. The van der Waals surface area contributed by atoms with E-state index in [1.807, 2.05) is 39.0 Å². The molecule has 0 saturated heterocycles. The molecule has 6 heteroatoms. The second kappa shape index (κ2) is 10.1. The van der Waals surface area contributed by atoms with E-state index in [2.05, 4.69) is 17.6 Å². The Balaban J connectivity index is 2.56. The van der Waals surface area contributed by atoms with Gasteiger partial charge in [-0.2, -0.15) is 0 Å². The first kappa shape index (κ1) is 21.1. The Morgan fingerprint density at radius 3 is 2.20 bits per heavy atom. The second-order valence-electron chi connectivity index (χ2n) is 6.98. The van der Waals surface area contributed by atoms with Gasteiger partial charge in [-0.3, -0.25) is 0 Å². The zero-order valence-corrected chi connectivity index (χ0v) is 16.3. The number of benzene rings is 1. The Labute approximate surface area is 151 Å². The summed E-state index contributed by atoms with van der Waals surface area (Å²) < 4.78 is 15.9. The molecule has 0 saturated carbocycles. The molecule has 0 aliphatic heterocycles. The Bertz CT molecular complexity index is 518. The topological polar surface area (TPSA) is 68.8 Å². The molecule has 1 amide bonds. The van der Waals surface area contributed by atoms with Crippen LogP contribution < -0.4 is 20.1 Å². The van der Waals surface area contributed by atoms with Crippen LogP contribution in [-0.4, -0.2) is 38.5 Å². The van der Waals surface area contributed by atoms with Crippen molar-refractivity contribution in [2.75, 3.05) is 20.8 Å². The van der Waals surface area contributed by atoms with E-state index in [4.69, 9.17) is 14.2 Å². The third-order valence-electron chi connectivity index (χ3n) is 3.49. The molecule has 0 unspecified atom stereocenters. The maximum atomic E-state index is 11.9. The minimum Gasteiger partial charge on any atom is -0.497 e.